The molecule has 9 heteroatoms. The minimum atomic E-state index is -4.08. The van der Waals surface area contributed by atoms with Gasteiger partial charge in [-0.3, -0.25) is 14.8 Å². The molecule has 0 amide bonds. The van der Waals surface area contributed by atoms with Gasteiger partial charge in [0.05, 0.1) is 18.1 Å². The Bertz CT molecular complexity index is 823. The van der Waals surface area contributed by atoms with Gasteiger partial charge in [0.15, 0.2) is 4.90 Å². The summed E-state index contributed by atoms with van der Waals surface area (Å²) in [5.41, 5.74) is -0.213. The Morgan fingerprint density at radius 2 is 1.95 bits per heavy atom. The number of nitrogens with one attached hydrogen (secondary N) is 1. The van der Waals surface area contributed by atoms with Gasteiger partial charge in [0, 0.05) is 9.26 Å². The molecule has 0 atom stereocenters. The zero-order valence-electron chi connectivity index (χ0n) is 11.3. The highest BCUT2D eigenvalue weighted by atomic mass is 127. The lowest BCUT2D eigenvalue weighted by Crippen LogP contribution is -2.14. The third-order valence-electron chi connectivity index (χ3n) is 2.73. The number of anilines is 1. The first-order valence-corrected chi connectivity index (χ1v) is 8.50. The molecular formula is C13H11IN2O5S. The second-order valence-electron chi connectivity index (χ2n) is 4.21. The van der Waals surface area contributed by atoms with Crippen molar-refractivity contribution in [2.45, 2.75) is 4.90 Å². The van der Waals surface area contributed by atoms with Gasteiger partial charge in [0.2, 0.25) is 0 Å². The van der Waals surface area contributed by atoms with Gasteiger partial charge in [-0.2, -0.15) is 0 Å². The van der Waals surface area contributed by atoms with Crippen molar-refractivity contribution in [1.29, 1.82) is 0 Å². The van der Waals surface area contributed by atoms with E-state index in [1.807, 2.05) is 22.6 Å². The number of nitro benzene ring substituents is 1. The van der Waals surface area contributed by atoms with Crippen molar-refractivity contribution in [3.05, 3.63) is 56.1 Å². The van der Waals surface area contributed by atoms with Crippen LogP contribution in [0.25, 0.3) is 0 Å². The molecule has 0 unspecified atom stereocenters. The van der Waals surface area contributed by atoms with E-state index in [2.05, 4.69) is 4.72 Å². The Morgan fingerprint density at radius 1 is 1.23 bits per heavy atom. The number of sulfonamides is 1. The lowest BCUT2D eigenvalue weighted by molar-refractivity contribution is -0.387. The topological polar surface area (TPSA) is 98.5 Å². The molecule has 0 spiro atoms. The molecule has 0 aromatic heterocycles. The number of hydrogen-bond acceptors (Lipinski definition) is 5. The van der Waals surface area contributed by atoms with Gasteiger partial charge in [-0.15, -0.1) is 0 Å². The first-order valence-electron chi connectivity index (χ1n) is 5.94. The highest BCUT2D eigenvalue weighted by Crippen LogP contribution is 2.29. The number of rotatable bonds is 5. The van der Waals surface area contributed by atoms with E-state index in [0.29, 0.717) is 5.69 Å². The number of halogens is 1. The van der Waals surface area contributed by atoms with E-state index in [1.165, 1.54) is 13.2 Å². The summed E-state index contributed by atoms with van der Waals surface area (Å²) in [6, 6.07) is 10.2. The Kier molecular flexibility index (Phi) is 4.86. The first kappa shape index (κ1) is 16.5. The number of nitrogens with zero attached hydrogens (tertiary/aromatic N) is 1. The molecule has 2 aromatic carbocycles. The average Bonchev–Trinajstić information content (AvgIpc) is 2.46. The van der Waals surface area contributed by atoms with Crippen molar-refractivity contribution in [3.63, 3.8) is 0 Å². The Morgan fingerprint density at radius 3 is 2.55 bits per heavy atom. The minimum absolute atomic E-state index is 0.208. The molecule has 0 radical (unpaired) electrons. The number of ether oxygens (including phenoxy) is 1. The molecule has 0 aliphatic carbocycles. The first-order chi connectivity index (χ1) is 10.3. The van der Waals surface area contributed by atoms with E-state index in [-0.39, 0.29) is 5.75 Å². The third kappa shape index (κ3) is 3.65. The normalized spacial score (nSPS) is 11.0. The third-order valence-corrected chi connectivity index (χ3v) is 4.83. The van der Waals surface area contributed by atoms with Crippen LogP contribution in [0.15, 0.2) is 47.4 Å². The molecule has 0 saturated heterocycles. The quantitative estimate of drug-likeness (QED) is 0.443. The zero-order chi connectivity index (χ0) is 16.3. The second kappa shape index (κ2) is 6.48. The Labute approximate surface area is 140 Å². The predicted octanol–water partition coefficient (Wildman–Crippen LogP) is 3.01. The van der Waals surface area contributed by atoms with E-state index in [4.69, 9.17) is 4.74 Å². The van der Waals surface area contributed by atoms with E-state index in [9.17, 15) is 18.5 Å². The summed E-state index contributed by atoms with van der Waals surface area (Å²) >= 11 is 2.04. The molecule has 0 bridgehead atoms. The second-order valence-corrected chi connectivity index (χ2v) is 7.10. The molecule has 22 heavy (non-hydrogen) atoms. The highest BCUT2D eigenvalue weighted by Gasteiger charge is 2.26. The molecule has 0 fully saturated rings. The van der Waals surface area contributed by atoms with Crippen LogP contribution in [-0.4, -0.2) is 20.5 Å². The van der Waals surface area contributed by atoms with E-state index >= 15 is 0 Å². The fraction of sp³-hybridized carbons (Fsp3) is 0.0769. The maximum Gasteiger partial charge on any atom is 0.293 e. The van der Waals surface area contributed by atoms with Gasteiger partial charge in [-0.1, -0.05) is 6.07 Å². The fourth-order valence-electron chi connectivity index (χ4n) is 1.76. The average molecular weight is 434 g/mol. The number of hydrogen-bond donors (Lipinski definition) is 1. The zero-order valence-corrected chi connectivity index (χ0v) is 14.3. The van der Waals surface area contributed by atoms with Crippen LogP contribution in [0.4, 0.5) is 11.4 Å². The molecule has 116 valence electrons. The monoisotopic (exact) mass is 434 g/mol. The van der Waals surface area contributed by atoms with Gasteiger partial charge in [0.1, 0.15) is 5.75 Å². The van der Waals surface area contributed by atoms with E-state index < -0.39 is 25.5 Å². The summed E-state index contributed by atoms with van der Waals surface area (Å²) in [5.74, 6) is 0.208. The van der Waals surface area contributed by atoms with Crippen LogP contribution in [0.1, 0.15) is 0 Å². The summed E-state index contributed by atoms with van der Waals surface area (Å²) in [6.45, 7) is 0. The van der Waals surface area contributed by atoms with Gasteiger partial charge < -0.3 is 4.74 Å². The van der Waals surface area contributed by atoms with Gasteiger partial charge in [0.25, 0.3) is 15.7 Å². The molecule has 0 heterocycles. The fourth-order valence-corrected chi connectivity index (χ4v) is 3.50. The molecule has 1 N–H and O–H groups in total. The summed E-state index contributed by atoms with van der Waals surface area (Å²) in [6.07, 6.45) is 0. The van der Waals surface area contributed by atoms with Gasteiger partial charge in [-0.25, -0.2) is 8.42 Å². The lowest BCUT2D eigenvalue weighted by atomic mass is 10.3. The number of benzene rings is 2. The van der Waals surface area contributed by atoms with Gasteiger partial charge >= 0.3 is 0 Å². The maximum atomic E-state index is 12.4. The van der Waals surface area contributed by atoms with Crippen LogP contribution in [0.3, 0.4) is 0 Å². The molecule has 0 saturated carbocycles. The largest absolute Gasteiger partial charge is 0.497 e. The highest BCUT2D eigenvalue weighted by molar-refractivity contribution is 14.1. The minimum Gasteiger partial charge on any atom is -0.497 e. The number of methoxy groups -OCH3 is 1. The van der Waals surface area contributed by atoms with Gasteiger partial charge in [-0.05, 0) is 52.9 Å². The van der Waals surface area contributed by atoms with Crippen molar-refractivity contribution >= 4 is 44.0 Å². The van der Waals surface area contributed by atoms with Crippen LogP contribution < -0.4 is 9.46 Å². The van der Waals surface area contributed by atoms with Crippen molar-refractivity contribution in [2.24, 2.45) is 0 Å². The molecule has 7 nitrogen and oxygen atoms in total. The molecule has 0 aliphatic rings. The van der Waals surface area contributed by atoms with Crippen LogP contribution in [0.5, 0.6) is 5.75 Å². The van der Waals surface area contributed by atoms with Crippen molar-refractivity contribution in [2.75, 3.05) is 11.8 Å². The molecular weight excluding hydrogens is 423 g/mol. The summed E-state index contributed by atoms with van der Waals surface area (Å²) in [7, 11) is -2.74. The van der Waals surface area contributed by atoms with Crippen LogP contribution in [0, 0.1) is 13.7 Å². The van der Waals surface area contributed by atoms with Crippen molar-refractivity contribution in [3.8, 4) is 5.75 Å². The smallest absolute Gasteiger partial charge is 0.293 e. The van der Waals surface area contributed by atoms with Crippen molar-refractivity contribution < 1.29 is 18.1 Å². The maximum absolute atomic E-state index is 12.4. The summed E-state index contributed by atoms with van der Waals surface area (Å²) < 4.78 is 32.8. The van der Waals surface area contributed by atoms with Crippen LogP contribution in [0.2, 0.25) is 0 Å². The number of nitro groups is 1. The van der Waals surface area contributed by atoms with Crippen molar-refractivity contribution in [1.82, 2.24) is 0 Å². The molecule has 0 aliphatic heterocycles. The molecule has 2 aromatic rings. The van der Waals surface area contributed by atoms with Crippen LogP contribution in [-0.2, 0) is 10.0 Å². The van der Waals surface area contributed by atoms with Crippen LogP contribution >= 0.6 is 22.6 Å². The standard InChI is InChI=1S/C13H11IN2O5S/c1-21-11-5-6-13(12(8-11)16(17)18)22(19,20)15-10-4-2-3-9(14)7-10/h2-8,15H,1H3. The Balaban J connectivity index is 2.47. The predicted molar refractivity (Wildman–Crippen MR) is 89.6 cm³/mol. The summed E-state index contributed by atoms with van der Waals surface area (Å²) in [5, 5.41) is 11.1. The SMILES string of the molecule is COc1ccc(S(=O)(=O)Nc2cccc(I)c2)c([N+](=O)[O-])c1. The summed E-state index contributed by atoms with van der Waals surface area (Å²) in [4.78, 5) is 9.92. The molecule has 2 rings (SSSR count). The lowest BCUT2D eigenvalue weighted by Gasteiger charge is -2.09. The van der Waals surface area contributed by atoms with E-state index in [1.54, 1.807) is 24.3 Å². The Hall–Kier alpha value is -1.88. The van der Waals surface area contributed by atoms with E-state index in [0.717, 1.165) is 15.7 Å².